The molecule has 1 heterocycles. The summed E-state index contributed by atoms with van der Waals surface area (Å²) in [7, 11) is 0. The number of phenols is 1. The molecule has 0 radical (unpaired) electrons. The SMILES string of the molecule is O=P1(Cl)OC(c2ccccc2O)O1. The van der Waals surface area contributed by atoms with Crippen molar-refractivity contribution in [2.45, 2.75) is 6.29 Å². The van der Waals surface area contributed by atoms with Gasteiger partial charge < -0.3 is 5.11 Å². The summed E-state index contributed by atoms with van der Waals surface area (Å²) in [5, 5.41) is 9.32. The molecular formula is C7H6ClO4P. The zero-order chi connectivity index (χ0) is 9.47. The Kier molecular flexibility index (Phi) is 2.08. The second-order valence-corrected chi connectivity index (χ2v) is 5.06. The van der Waals surface area contributed by atoms with Gasteiger partial charge in [-0.15, -0.1) is 0 Å². The van der Waals surface area contributed by atoms with E-state index in [0.717, 1.165) is 0 Å². The molecule has 1 N–H and O–H groups in total. The first kappa shape index (κ1) is 9.03. The van der Waals surface area contributed by atoms with Gasteiger partial charge in [0.05, 0.1) is 5.56 Å². The van der Waals surface area contributed by atoms with E-state index in [1.54, 1.807) is 18.2 Å². The van der Waals surface area contributed by atoms with E-state index in [4.69, 9.17) is 20.3 Å². The number of benzene rings is 1. The standard InChI is InChI=1S/C7H6ClO4P/c8-13(10)11-7(12-13)5-3-1-2-4-6(5)9/h1-4,7,9H. The minimum absolute atomic E-state index is 0.0314. The molecule has 13 heavy (non-hydrogen) atoms. The smallest absolute Gasteiger partial charge is 0.429 e. The van der Waals surface area contributed by atoms with E-state index in [1.807, 2.05) is 0 Å². The van der Waals surface area contributed by atoms with Crippen molar-refractivity contribution in [3.63, 3.8) is 0 Å². The molecule has 2 rings (SSSR count). The summed E-state index contributed by atoms with van der Waals surface area (Å²) in [6.45, 7) is -3.35. The van der Waals surface area contributed by atoms with Gasteiger partial charge in [-0.2, -0.15) is 0 Å². The van der Waals surface area contributed by atoms with Gasteiger partial charge in [0.1, 0.15) is 5.75 Å². The highest BCUT2D eigenvalue weighted by atomic mass is 35.7. The van der Waals surface area contributed by atoms with Gasteiger partial charge >= 0.3 is 6.95 Å². The van der Waals surface area contributed by atoms with Crippen molar-refractivity contribution in [2.24, 2.45) is 0 Å². The first-order chi connectivity index (χ1) is 6.08. The molecule has 0 unspecified atom stereocenters. The van der Waals surface area contributed by atoms with E-state index >= 15 is 0 Å². The van der Waals surface area contributed by atoms with Gasteiger partial charge in [0.15, 0.2) is 0 Å². The van der Waals surface area contributed by atoms with Crippen molar-refractivity contribution >= 4 is 18.2 Å². The predicted octanol–water partition coefficient (Wildman–Crippen LogP) is 2.78. The van der Waals surface area contributed by atoms with Gasteiger partial charge in [-0.25, -0.2) is 4.57 Å². The van der Waals surface area contributed by atoms with Crippen LogP contribution in [0.15, 0.2) is 24.3 Å². The van der Waals surface area contributed by atoms with E-state index in [9.17, 15) is 9.67 Å². The fourth-order valence-corrected chi connectivity index (χ4v) is 2.17. The largest absolute Gasteiger partial charge is 0.507 e. The lowest BCUT2D eigenvalue weighted by Gasteiger charge is -2.30. The van der Waals surface area contributed by atoms with Crippen molar-refractivity contribution in [1.82, 2.24) is 0 Å². The maximum atomic E-state index is 10.8. The maximum Gasteiger partial charge on any atom is 0.429 e. The number of halogens is 1. The molecule has 1 aliphatic heterocycles. The van der Waals surface area contributed by atoms with E-state index in [2.05, 4.69) is 0 Å². The molecule has 1 aromatic rings. The predicted molar refractivity (Wildman–Crippen MR) is 46.5 cm³/mol. The highest BCUT2D eigenvalue weighted by Crippen LogP contribution is 2.69. The summed E-state index contributed by atoms with van der Waals surface area (Å²) in [5.41, 5.74) is 0.426. The minimum Gasteiger partial charge on any atom is -0.507 e. The van der Waals surface area contributed by atoms with Crippen LogP contribution in [-0.2, 0) is 13.6 Å². The third kappa shape index (κ3) is 1.71. The van der Waals surface area contributed by atoms with E-state index in [1.165, 1.54) is 6.07 Å². The van der Waals surface area contributed by atoms with Crippen molar-refractivity contribution in [3.05, 3.63) is 29.8 Å². The quantitative estimate of drug-likeness (QED) is 0.740. The molecule has 0 aliphatic carbocycles. The third-order valence-corrected chi connectivity index (χ3v) is 3.00. The van der Waals surface area contributed by atoms with E-state index in [0.29, 0.717) is 5.56 Å². The van der Waals surface area contributed by atoms with Gasteiger partial charge in [0.2, 0.25) is 6.29 Å². The first-order valence-corrected chi connectivity index (χ1v) is 5.98. The number of hydrogen-bond donors (Lipinski definition) is 1. The van der Waals surface area contributed by atoms with Crippen LogP contribution >= 0.6 is 18.2 Å². The van der Waals surface area contributed by atoms with Crippen LogP contribution in [0.3, 0.4) is 0 Å². The van der Waals surface area contributed by atoms with E-state index in [-0.39, 0.29) is 5.75 Å². The Hall–Kier alpha value is -0.540. The average Bonchev–Trinajstić information content (AvgIpc) is 2.01. The highest BCUT2D eigenvalue weighted by molar-refractivity contribution is 7.82. The van der Waals surface area contributed by atoms with Gasteiger partial charge in [0.25, 0.3) is 0 Å². The number of para-hydroxylation sites is 1. The van der Waals surface area contributed by atoms with Gasteiger partial charge in [-0.05, 0) is 6.07 Å². The molecular weight excluding hydrogens is 214 g/mol. The molecule has 0 bridgehead atoms. The van der Waals surface area contributed by atoms with Crippen LogP contribution in [0.1, 0.15) is 11.9 Å². The third-order valence-electron chi connectivity index (χ3n) is 1.63. The molecule has 4 nitrogen and oxygen atoms in total. The van der Waals surface area contributed by atoms with Crippen LogP contribution < -0.4 is 0 Å². The second kappa shape index (κ2) is 3.00. The molecule has 70 valence electrons. The molecule has 0 spiro atoms. The van der Waals surface area contributed by atoms with Crippen LogP contribution in [0.2, 0.25) is 0 Å². The number of phenolic OH excluding ortho intramolecular Hbond substituents is 1. The first-order valence-electron chi connectivity index (χ1n) is 3.53. The topological polar surface area (TPSA) is 55.8 Å². The molecule has 0 saturated carbocycles. The van der Waals surface area contributed by atoms with E-state index < -0.39 is 13.2 Å². The Morgan fingerprint density at radius 3 is 2.54 bits per heavy atom. The van der Waals surface area contributed by atoms with Crippen molar-refractivity contribution < 1.29 is 18.7 Å². The molecule has 1 aromatic carbocycles. The molecule has 1 fully saturated rings. The van der Waals surface area contributed by atoms with Crippen LogP contribution in [0, 0.1) is 0 Å². The Bertz CT molecular complexity index is 371. The van der Waals surface area contributed by atoms with Crippen LogP contribution in [0.4, 0.5) is 0 Å². The zero-order valence-corrected chi connectivity index (χ0v) is 8.03. The van der Waals surface area contributed by atoms with Crippen molar-refractivity contribution in [2.75, 3.05) is 0 Å². The lowest BCUT2D eigenvalue weighted by molar-refractivity contribution is -0.0869. The maximum absolute atomic E-state index is 10.8. The van der Waals surface area contributed by atoms with Crippen molar-refractivity contribution in [1.29, 1.82) is 0 Å². The number of aromatic hydroxyl groups is 1. The second-order valence-electron chi connectivity index (χ2n) is 2.53. The highest BCUT2D eigenvalue weighted by Gasteiger charge is 2.43. The molecule has 6 heteroatoms. The summed E-state index contributed by atoms with van der Waals surface area (Å²) >= 11 is 5.23. The normalized spacial score (nSPS) is 32.5. The van der Waals surface area contributed by atoms with Crippen molar-refractivity contribution in [3.8, 4) is 5.75 Å². The minimum atomic E-state index is -3.35. The average molecular weight is 221 g/mol. The Balaban J connectivity index is 2.20. The molecule has 1 aliphatic rings. The lowest BCUT2D eigenvalue weighted by atomic mass is 10.2. The molecule has 1 saturated heterocycles. The van der Waals surface area contributed by atoms with Gasteiger partial charge in [-0.3, -0.25) is 9.05 Å². The summed E-state index contributed by atoms with van der Waals surface area (Å²) in [4.78, 5) is 0. The Morgan fingerprint density at radius 1 is 1.38 bits per heavy atom. The fraction of sp³-hybridized carbons (Fsp3) is 0.143. The summed E-state index contributed by atoms with van der Waals surface area (Å²) < 4.78 is 20.3. The molecule has 0 aromatic heterocycles. The van der Waals surface area contributed by atoms with Gasteiger partial charge in [-0.1, -0.05) is 18.2 Å². The van der Waals surface area contributed by atoms with Gasteiger partial charge in [0, 0.05) is 11.2 Å². The van der Waals surface area contributed by atoms with Crippen LogP contribution in [0.5, 0.6) is 5.75 Å². The zero-order valence-electron chi connectivity index (χ0n) is 6.38. The van der Waals surface area contributed by atoms with Crippen LogP contribution in [-0.4, -0.2) is 5.11 Å². The fourth-order valence-electron chi connectivity index (χ4n) is 1.04. The summed E-state index contributed by atoms with van der Waals surface area (Å²) in [6, 6.07) is 6.46. The lowest BCUT2D eigenvalue weighted by Crippen LogP contribution is -2.14. The van der Waals surface area contributed by atoms with Crippen LogP contribution in [0.25, 0.3) is 0 Å². The Morgan fingerprint density at radius 2 is 2.00 bits per heavy atom. The number of rotatable bonds is 1. The molecule has 0 amide bonds. The summed E-state index contributed by atoms with van der Waals surface area (Å²) in [6.07, 6.45) is -0.815. The Labute approximate surface area is 79.4 Å². The molecule has 0 atom stereocenters. The summed E-state index contributed by atoms with van der Waals surface area (Å²) in [5.74, 6) is 0.0314. The number of hydrogen-bond acceptors (Lipinski definition) is 4. The monoisotopic (exact) mass is 220 g/mol.